The Morgan fingerprint density at radius 3 is 1.57 bits per heavy atom. The van der Waals surface area contributed by atoms with E-state index >= 15 is 0 Å². The van der Waals surface area contributed by atoms with Crippen molar-refractivity contribution >= 4 is 0 Å². The molecule has 2 aromatic rings. The molecule has 0 N–H and O–H groups in total. The molecule has 28 heavy (non-hydrogen) atoms. The summed E-state index contributed by atoms with van der Waals surface area (Å²) in [7, 11) is 0. The normalized spacial score (nSPS) is 24.5. The highest BCUT2D eigenvalue weighted by Crippen LogP contribution is 2.35. The number of ether oxygens (including phenoxy) is 2. The molecule has 2 heteroatoms. The molecule has 4 atom stereocenters. The Balaban J connectivity index is 1.19. The van der Waals surface area contributed by atoms with Crippen molar-refractivity contribution < 1.29 is 9.47 Å². The van der Waals surface area contributed by atoms with Crippen LogP contribution >= 0.6 is 0 Å². The summed E-state index contributed by atoms with van der Waals surface area (Å²) >= 11 is 0. The fraction of sp³-hybridized carbons (Fsp3) is 0.385. The van der Waals surface area contributed by atoms with Gasteiger partial charge in [-0.1, -0.05) is 74.2 Å². The van der Waals surface area contributed by atoms with Crippen molar-refractivity contribution in [1.29, 1.82) is 0 Å². The lowest BCUT2D eigenvalue weighted by molar-refractivity contribution is 0.0697. The minimum Gasteiger partial charge on any atom is -0.365 e. The lowest BCUT2D eigenvalue weighted by Crippen LogP contribution is -2.16. The molecule has 2 aliphatic rings. The summed E-state index contributed by atoms with van der Waals surface area (Å²) in [5.41, 5.74) is 5.60. The lowest BCUT2D eigenvalue weighted by Gasteiger charge is -2.15. The Kier molecular flexibility index (Phi) is 5.82. The molecule has 0 saturated heterocycles. The Hall–Kier alpha value is -2.52. The quantitative estimate of drug-likeness (QED) is 0.739. The van der Waals surface area contributed by atoms with E-state index < -0.39 is 0 Å². The average molecular weight is 370 g/mol. The van der Waals surface area contributed by atoms with Gasteiger partial charge in [-0.25, -0.2) is 0 Å². The maximum atomic E-state index is 5.96. The second-order valence-electron chi connectivity index (χ2n) is 7.69. The number of fused-ring (bicyclic) bond motifs is 2. The summed E-state index contributed by atoms with van der Waals surface area (Å²) in [6.07, 6.45) is 2.38. The first-order valence-electron chi connectivity index (χ1n) is 10.1. The second kappa shape index (κ2) is 8.66. The van der Waals surface area contributed by atoms with Crippen molar-refractivity contribution in [3.05, 3.63) is 70.8 Å². The smallest absolute Gasteiger partial charge is 0.109 e. The molecule has 1 unspecified atom stereocenters. The predicted molar refractivity (Wildman–Crippen MR) is 112 cm³/mol. The van der Waals surface area contributed by atoms with Crippen LogP contribution in [-0.4, -0.2) is 25.4 Å². The van der Waals surface area contributed by atoms with Crippen molar-refractivity contribution in [2.45, 2.75) is 50.7 Å². The van der Waals surface area contributed by atoms with Gasteiger partial charge in [0.1, 0.15) is 13.2 Å². The molecular weight excluding hydrogens is 344 g/mol. The first-order valence-corrected chi connectivity index (χ1v) is 10.1. The molecule has 2 aliphatic carbocycles. The van der Waals surface area contributed by atoms with E-state index in [1.807, 2.05) is 0 Å². The highest BCUT2D eigenvalue weighted by atomic mass is 16.5. The van der Waals surface area contributed by atoms with E-state index in [9.17, 15) is 0 Å². The van der Waals surface area contributed by atoms with E-state index in [0.717, 1.165) is 12.8 Å². The number of hydrogen-bond donors (Lipinski definition) is 0. The summed E-state index contributed by atoms with van der Waals surface area (Å²) in [6.45, 7) is 5.30. The van der Waals surface area contributed by atoms with Crippen molar-refractivity contribution in [3.63, 3.8) is 0 Å². The highest BCUT2D eigenvalue weighted by Gasteiger charge is 2.29. The SMILES string of the molecule is C[C@H]1c2ccccc2CC1OCC#CC#CCO[C@@H]1Cc2ccccc2[C@@H]1C. The molecule has 0 bridgehead atoms. The monoisotopic (exact) mass is 370 g/mol. The van der Waals surface area contributed by atoms with Gasteiger partial charge in [0.25, 0.3) is 0 Å². The van der Waals surface area contributed by atoms with Crippen LogP contribution in [-0.2, 0) is 22.3 Å². The van der Waals surface area contributed by atoms with Gasteiger partial charge in [-0.2, -0.15) is 0 Å². The summed E-state index contributed by atoms with van der Waals surface area (Å²) in [6, 6.07) is 17.2. The number of benzene rings is 2. The highest BCUT2D eigenvalue weighted by molar-refractivity contribution is 5.37. The molecule has 2 nitrogen and oxygen atoms in total. The van der Waals surface area contributed by atoms with Gasteiger partial charge < -0.3 is 9.47 Å². The van der Waals surface area contributed by atoms with E-state index in [-0.39, 0.29) is 12.2 Å². The molecular formula is C26H26O2. The maximum absolute atomic E-state index is 5.96. The predicted octanol–water partition coefficient (Wildman–Crippen LogP) is 4.48. The molecule has 0 radical (unpaired) electrons. The van der Waals surface area contributed by atoms with Crippen molar-refractivity contribution in [2.24, 2.45) is 0 Å². The molecule has 0 amide bonds. The standard InChI is InChI=1S/C26H26O2/c1-19-23-13-7-5-11-21(23)17-25(19)27-15-9-3-4-10-16-28-26-18-22-12-6-8-14-24(22)20(26)2/h5-8,11-14,19-20,25-26H,15-18H2,1-2H3/t19-,20-,25+,26?/m0/s1. The number of rotatable bonds is 4. The van der Waals surface area contributed by atoms with Crippen LogP contribution < -0.4 is 0 Å². The van der Waals surface area contributed by atoms with Crippen LogP contribution in [0.25, 0.3) is 0 Å². The van der Waals surface area contributed by atoms with Gasteiger partial charge in [-0.05, 0) is 46.9 Å². The Bertz CT molecular complexity index is 874. The van der Waals surface area contributed by atoms with Crippen molar-refractivity contribution in [3.8, 4) is 23.7 Å². The fourth-order valence-electron chi connectivity index (χ4n) is 4.38. The molecule has 4 rings (SSSR count). The summed E-state index contributed by atoms with van der Waals surface area (Å²) in [5, 5.41) is 0. The van der Waals surface area contributed by atoms with Gasteiger partial charge in [0.15, 0.2) is 0 Å². The maximum Gasteiger partial charge on any atom is 0.109 e. The second-order valence-corrected chi connectivity index (χ2v) is 7.69. The summed E-state index contributed by atoms with van der Waals surface area (Å²) in [5.74, 6) is 12.6. The Morgan fingerprint density at radius 2 is 1.14 bits per heavy atom. The van der Waals surface area contributed by atoms with Gasteiger partial charge in [0.05, 0.1) is 12.2 Å². The zero-order valence-electron chi connectivity index (χ0n) is 16.6. The molecule has 0 aromatic heterocycles. The van der Waals surface area contributed by atoms with E-state index in [1.54, 1.807) is 0 Å². The topological polar surface area (TPSA) is 18.5 Å². The molecule has 0 aliphatic heterocycles. The van der Waals surface area contributed by atoms with E-state index in [1.165, 1.54) is 22.3 Å². The van der Waals surface area contributed by atoms with Crippen molar-refractivity contribution in [1.82, 2.24) is 0 Å². The third-order valence-corrected chi connectivity index (χ3v) is 6.03. The zero-order valence-corrected chi connectivity index (χ0v) is 16.6. The van der Waals surface area contributed by atoms with Crippen LogP contribution in [0.4, 0.5) is 0 Å². The first-order chi connectivity index (χ1) is 13.7. The van der Waals surface area contributed by atoms with Crippen LogP contribution in [0.15, 0.2) is 48.5 Å². The van der Waals surface area contributed by atoms with E-state index in [0.29, 0.717) is 25.0 Å². The molecule has 0 heterocycles. The summed E-state index contributed by atoms with van der Waals surface area (Å²) in [4.78, 5) is 0. The molecule has 0 spiro atoms. The molecule has 142 valence electrons. The minimum atomic E-state index is 0.216. The van der Waals surface area contributed by atoms with Gasteiger partial charge in [-0.15, -0.1) is 0 Å². The average Bonchev–Trinajstić information content (AvgIpc) is 3.21. The lowest BCUT2D eigenvalue weighted by atomic mass is 10.0. The summed E-state index contributed by atoms with van der Waals surface area (Å²) < 4.78 is 11.9. The zero-order chi connectivity index (χ0) is 19.3. The van der Waals surface area contributed by atoms with Crippen molar-refractivity contribution in [2.75, 3.05) is 13.2 Å². The van der Waals surface area contributed by atoms with Crippen LogP contribution in [0.1, 0.15) is 47.9 Å². The van der Waals surface area contributed by atoms with E-state index in [4.69, 9.17) is 9.47 Å². The first kappa shape index (κ1) is 18.8. The molecule has 0 saturated carbocycles. The fourth-order valence-corrected chi connectivity index (χ4v) is 4.38. The molecule has 0 fully saturated rings. The molecule has 2 aromatic carbocycles. The van der Waals surface area contributed by atoms with Gasteiger partial charge in [0, 0.05) is 11.8 Å². The largest absolute Gasteiger partial charge is 0.365 e. The number of hydrogen-bond acceptors (Lipinski definition) is 2. The minimum absolute atomic E-state index is 0.216. The van der Waals surface area contributed by atoms with Crippen LogP contribution in [0.3, 0.4) is 0 Å². The van der Waals surface area contributed by atoms with Gasteiger partial charge in [0.2, 0.25) is 0 Å². The van der Waals surface area contributed by atoms with Gasteiger partial charge in [-0.3, -0.25) is 0 Å². The van der Waals surface area contributed by atoms with Crippen LogP contribution in [0.5, 0.6) is 0 Å². The van der Waals surface area contributed by atoms with Gasteiger partial charge >= 0.3 is 0 Å². The van der Waals surface area contributed by atoms with Crippen LogP contribution in [0, 0.1) is 23.7 Å². The van der Waals surface area contributed by atoms with Crippen LogP contribution in [0.2, 0.25) is 0 Å². The third kappa shape index (κ3) is 4.00. The Morgan fingerprint density at radius 1 is 0.714 bits per heavy atom. The van der Waals surface area contributed by atoms with E-state index in [2.05, 4.69) is 86.1 Å². The Labute approximate surface area is 168 Å². The third-order valence-electron chi connectivity index (χ3n) is 6.03.